The molecule has 11 heteroatoms. The van der Waals surface area contributed by atoms with Crippen LogP contribution in [-0.4, -0.2) is 61.7 Å². The van der Waals surface area contributed by atoms with Gasteiger partial charge in [0.2, 0.25) is 10.0 Å². The Morgan fingerprint density at radius 2 is 1.84 bits per heavy atom. The van der Waals surface area contributed by atoms with Gasteiger partial charge in [0.05, 0.1) is 28.5 Å². The predicted octanol–water partition coefficient (Wildman–Crippen LogP) is 2.33. The van der Waals surface area contributed by atoms with Crippen molar-refractivity contribution >= 4 is 16.1 Å². The Kier molecular flexibility index (Phi) is 4.60. The summed E-state index contributed by atoms with van der Waals surface area (Å²) in [7, 11) is -3.21. The lowest BCUT2D eigenvalue weighted by Gasteiger charge is -2.61. The standard InChI is InChI=1S/C21H23F3N4O3S/c22-21(23,24)17-2-1-15(16(6-17)9-25)5-14-7-19(8-14)10-27(11-19)18(29)28-12-20(13-28)3-4-32(30,31)26-20/h1-2,6,14,26H,3-5,7-8,10-13H2. The first-order valence-corrected chi connectivity index (χ1v) is 12.2. The zero-order valence-corrected chi connectivity index (χ0v) is 18.1. The third-order valence-corrected chi connectivity index (χ3v) is 8.80. The van der Waals surface area contributed by atoms with Gasteiger partial charge >= 0.3 is 12.2 Å². The Labute approximate surface area is 184 Å². The molecular formula is C21H23F3N4O3S. The van der Waals surface area contributed by atoms with Crippen molar-refractivity contribution in [3.8, 4) is 6.07 Å². The number of urea groups is 1. The van der Waals surface area contributed by atoms with E-state index in [4.69, 9.17) is 0 Å². The molecule has 4 fully saturated rings. The van der Waals surface area contributed by atoms with E-state index in [1.807, 2.05) is 6.07 Å². The second kappa shape index (κ2) is 6.84. The van der Waals surface area contributed by atoms with Gasteiger partial charge < -0.3 is 9.80 Å². The molecule has 1 aromatic rings. The number of nitriles is 1. The number of alkyl halides is 3. The molecule has 0 aromatic heterocycles. The number of hydrogen-bond donors (Lipinski definition) is 1. The monoisotopic (exact) mass is 468 g/mol. The van der Waals surface area contributed by atoms with Gasteiger partial charge in [-0.2, -0.15) is 18.4 Å². The van der Waals surface area contributed by atoms with Crippen molar-refractivity contribution < 1.29 is 26.4 Å². The summed E-state index contributed by atoms with van der Waals surface area (Å²) in [6, 6.07) is 5.16. The second-order valence-corrected chi connectivity index (χ2v) is 11.7. The summed E-state index contributed by atoms with van der Waals surface area (Å²) in [6.07, 6.45) is -1.62. The summed E-state index contributed by atoms with van der Waals surface area (Å²) in [5.41, 5.74) is -0.526. The number of rotatable bonds is 2. The largest absolute Gasteiger partial charge is 0.416 e. The molecule has 3 aliphatic heterocycles. The van der Waals surface area contributed by atoms with E-state index in [9.17, 15) is 31.6 Å². The summed E-state index contributed by atoms with van der Waals surface area (Å²) in [6.45, 7) is 2.11. The minimum absolute atomic E-state index is 0.0645. The van der Waals surface area contributed by atoms with E-state index < -0.39 is 27.3 Å². The van der Waals surface area contributed by atoms with E-state index in [-0.39, 0.29) is 28.7 Å². The van der Waals surface area contributed by atoms with Crippen LogP contribution in [0.15, 0.2) is 18.2 Å². The van der Waals surface area contributed by atoms with Gasteiger partial charge in [-0.25, -0.2) is 17.9 Å². The Balaban J connectivity index is 1.11. The van der Waals surface area contributed by atoms with Crippen LogP contribution in [-0.2, 0) is 22.6 Å². The maximum atomic E-state index is 12.9. The van der Waals surface area contributed by atoms with Crippen molar-refractivity contribution in [3.05, 3.63) is 34.9 Å². The Bertz CT molecular complexity index is 1110. The van der Waals surface area contributed by atoms with E-state index in [0.717, 1.165) is 25.0 Å². The highest BCUT2D eigenvalue weighted by Crippen LogP contribution is 2.53. The number of carbonyl (C=O) groups excluding carboxylic acids is 1. The van der Waals surface area contributed by atoms with Crippen LogP contribution < -0.4 is 4.72 Å². The first kappa shape index (κ1) is 21.5. The topological polar surface area (TPSA) is 93.5 Å². The number of carbonyl (C=O) groups is 1. The van der Waals surface area contributed by atoms with E-state index in [1.165, 1.54) is 6.07 Å². The van der Waals surface area contributed by atoms with Gasteiger partial charge in [0.15, 0.2) is 0 Å². The van der Waals surface area contributed by atoms with Crippen molar-refractivity contribution in [2.24, 2.45) is 11.3 Å². The molecule has 32 heavy (non-hydrogen) atoms. The first-order valence-electron chi connectivity index (χ1n) is 10.6. The van der Waals surface area contributed by atoms with Crippen molar-refractivity contribution in [1.29, 1.82) is 5.26 Å². The van der Waals surface area contributed by atoms with Crippen molar-refractivity contribution in [1.82, 2.24) is 14.5 Å². The first-order chi connectivity index (χ1) is 14.9. The van der Waals surface area contributed by atoms with Gasteiger partial charge in [0.1, 0.15) is 0 Å². The molecule has 0 bridgehead atoms. The molecule has 1 aliphatic carbocycles. The van der Waals surface area contributed by atoms with Crippen molar-refractivity contribution in [3.63, 3.8) is 0 Å². The van der Waals surface area contributed by atoms with Crippen LogP contribution in [0.3, 0.4) is 0 Å². The fourth-order valence-corrected chi connectivity index (χ4v) is 7.47. The summed E-state index contributed by atoms with van der Waals surface area (Å²) in [5, 5.41) is 9.25. The number of halogens is 3. The van der Waals surface area contributed by atoms with Crippen LogP contribution >= 0.6 is 0 Å². The third-order valence-electron chi connectivity index (χ3n) is 7.31. The highest BCUT2D eigenvalue weighted by atomic mass is 32.2. The summed E-state index contributed by atoms with van der Waals surface area (Å²) >= 11 is 0. The third kappa shape index (κ3) is 3.63. The van der Waals surface area contributed by atoms with Crippen LogP contribution in [0, 0.1) is 22.7 Å². The lowest BCUT2D eigenvalue weighted by Crippen LogP contribution is -2.73. The van der Waals surface area contributed by atoms with Gasteiger partial charge in [-0.15, -0.1) is 0 Å². The molecule has 0 radical (unpaired) electrons. The fourth-order valence-electron chi connectivity index (χ4n) is 5.82. The zero-order chi connectivity index (χ0) is 22.9. The summed E-state index contributed by atoms with van der Waals surface area (Å²) in [4.78, 5) is 16.1. The quantitative estimate of drug-likeness (QED) is 0.721. The van der Waals surface area contributed by atoms with E-state index in [0.29, 0.717) is 44.6 Å². The van der Waals surface area contributed by atoms with E-state index in [2.05, 4.69) is 4.72 Å². The molecule has 2 spiro atoms. The molecule has 4 aliphatic rings. The molecular weight excluding hydrogens is 445 g/mol. The number of likely N-dealkylation sites (tertiary alicyclic amines) is 2. The number of sulfonamides is 1. The minimum atomic E-state index is -4.47. The molecule has 5 rings (SSSR count). The molecule has 1 N–H and O–H groups in total. The van der Waals surface area contributed by atoms with Gasteiger partial charge in [0, 0.05) is 31.6 Å². The highest BCUT2D eigenvalue weighted by Gasteiger charge is 2.57. The van der Waals surface area contributed by atoms with Crippen LogP contribution in [0.1, 0.15) is 36.0 Å². The lowest BCUT2D eigenvalue weighted by atomic mass is 9.56. The second-order valence-electron chi connectivity index (χ2n) is 9.91. The van der Waals surface area contributed by atoms with Crippen molar-refractivity contribution in [2.45, 2.75) is 37.4 Å². The lowest BCUT2D eigenvalue weighted by molar-refractivity contribution is -0.137. The smallest absolute Gasteiger partial charge is 0.323 e. The van der Waals surface area contributed by atoms with Crippen LogP contribution in [0.25, 0.3) is 0 Å². The molecule has 2 amide bonds. The molecule has 1 aromatic carbocycles. The normalized spacial score (nSPS) is 25.2. The maximum Gasteiger partial charge on any atom is 0.416 e. The summed E-state index contributed by atoms with van der Waals surface area (Å²) < 4.78 is 64.5. The van der Waals surface area contributed by atoms with Crippen LogP contribution in [0.4, 0.5) is 18.0 Å². The number of benzene rings is 1. The molecule has 172 valence electrons. The molecule has 3 saturated heterocycles. The van der Waals surface area contributed by atoms with Gasteiger partial charge in [-0.3, -0.25) is 0 Å². The van der Waals surface area contributed by atoms with E-state index >= 15 is 0 Å². The van der Waals surface area contributed by atoms with Crippen LogP contribution in [0.2, 0.25) is 0 Å². The molecule has 0 atom stereocenters. The molecule has 0 unspecified atom stereocenters. The Morgan fingerprint density at radius 1 is 1.19 bits per heavy atom. The number of amides is 2. The number of nitrogens with zero attached hydrogens (tertiary/aromatic N) is 3. The predicted molar refractivity (Wildman–Crippen MR) is 108 cm³/mol. The molecule has 7 nitrogen and oxygen atoms in total. The average Bonchev–Trinajstić information content (AvgIpc) is 2.96. The maximum absolute atomic E-state index is 12.9. The minimum Gasteiger partial charge on any atom is -0.323 e. The average molecular weight is 469 g/mol. The molecule has 1 saturated carbocycles. The SMILES string of the molecule is N#Cc1cc(C(F)(F)F)ccc1CC1CC2(C1)CN(C(=O)N1CC3(CCS(=O)(=O)N3)C1)C2. The summed E-state index contributed by atoms with van der Waals surface area (Å²) in [5.74, 6) is 0.395. The Morgan fingerprint density at radius 3 is 2.41 bits per heavy atom. The van der Waals surface area contributed by atoms with E-state index in [1.54, 1.807) is 9.80 Å². The van der Waals surface area contributed by atoms with Gasteiger partial charge in [0.25, 0.3) is 0 Å². The number of nitrogens with one attached hydrogen (secondary N) is 1. The van der Waals surface area contributed by atoms with Gasteiger partial charge in [-0.05, 0) is 49.3 Å². The van der Waals surface area contributed by atoms with Crippen LogP contribution in [0.5, 0.6) is 0 Å². The highest BCUT2D eigenvalue weighted by molar-refractivity contribution is 7.89. The van der Waals surface area contributed by atoms with Crippen molar-refractivity contribution in [2.75, 3.05) is 31.9 Å². The fraction of sp³-hybridized carbons (Fsp3) is 0.619. The van der Waals surface area contributed by atoms with Gasteiger partial charge in [-0.1, -0.05) is 6.07 Å². The molecule has 3 heterocycles. The number of hydrogen-bond acceptors (Lipinski definition) is 4. The zero-order valence-electron chi connectivity index (χ0n) is 17.3. The Hall–Kier alpha value is -2.32.